The Morgan fingerprint density at radius 3 is 1.11 bits per heavy atom. The number of esters is 1. The van der Waals surface area contributed by atoms with Crippen molar-refractivity contribution in [3.8, 4) is 0 Å². The summed E-state index contributed by atoms with van der Waals surface area (Å²) in [6, 6.07) is -0.547. The summed E-state index contributed by atoms with van der Waals surface area (Å²) in [5.74, 6) is -0.0483. The van der Waals surface area contributed by atoms with Gasteiger partial charge in [-0.05, 0) is 77.0 Å². The molecule has 0 rings (SSSR count). The van der Waals surface area contributed by atoms with E-state index >= 15 is 0 Å². The van der Waals surface area contributed by atoms with Crippen LogP contribution in [0.5, 0.6) is 0 Å². The summed E-state index contributed by atoms with van der Waals surface area (Å²) in [6.07, 6.45) is 64.5. The van der Waals surface area contributed by atoms with Crippen LogP contribution in [-0.2, 0) is 14.3 Å². The smallest absolute Gasteiger partial charge is 0.305 e. The fourth-order valence-electron chi connectivity index (χ4n) is 8.81. The zero-order valence-corrected chi connectivity index (χ0v) is 43.0. The Morgan fingerprint density at radius 2 is 0.734 bits per heavy atom. The first-order chi connectivity index (χ1) is 31.5. The van der Waals surface area contributed by atoms with Crippen molar-refractivity contribution >= 4 is 11.9 Å². The molecule has 0 aliphatic carbocycles. The molecule has 64 heavy (non-hydrogen) atoms. The molecular weight excluding hydrogens is 791 g/mol. The normalized spacial score (nSPS) is 12.8. The monoisotopic (exact) mass is 902 g/mol. The number of hydrogen-bond donors (Lipinski definition) is 3. The Morgan fingerprint density at radius 1 is 0.422 bits per heavy atom. The Labute approximate surface area is 399 Å². The second-order valence-corrected chi connectivity index (χ2v) is 19.6. The van der Waals surface area contributed by atoms with Gasteiger partial charge in [-0.2, -0.15) is 0 Å². The van der Waals surface area contributed by atoms with E-state index < -0.39 is 12.1 Å². The van der Waals surface area contributed by atoms with Crippen LogP contribution in [0.2, 0.25) is 0 Å². The molecule has 1 amide bonds. The van der Waals surface area contributed by atoms with Crippen molar-refractivity contribution < 1.29 is 24.5 Å². The Balaban J connectivity index is 3.42. The van der Waals surface area contributed by atoms with Crippen molar-refractivity contribution in [2.75, 3.05) is 13.2 Å². The van der Waals surface area contributed by atoms with Gasteiger partial charge < -0.3 is 20.3 Å². The van der Waals surface area contributed by atoms with Gasteiger partial charge in [-0.15, -0.1) is 0 Å². The average Bonchev–Trinajstić information content (AvgIpc) is 3.29. The molecule has 2 unspecified atom stereocenters. The quantitative estimate of drug-likeness (QED) is 0.0321. The second-order valence-electron chi connectivity index (χ2n) is 19.6. The maximum Gasteiger partial charge on any atom is 0.305 e. The molecule has 0 aromatic rings. The molecule has 2 atom stereocenters. The minimum Gasteiger partial charge on any atom is -0.466 e. The molecular formula is C58H111NO5. The number of aliphatic hydroxyl groups is 2. The molecule has 378 valence electrons. The van der Waals surface area contributed by atoms with Crippen LogP contribution in [-0.4, -0.2) is 47.4 Å². The first-order valence-electron chi connectivity index (χ1n) is 28.6. The van der Waals surface area contributed by atoms with E-state index in [1.807, 2.05) is 0 Å². The maximum atomic E-state index is 12.4. The van der Waals surface area contributed by atoms with Gasteiger partial charge >= 0.3 is 5.97 Å². The van der Waals surface area contributed by atoms with Gasteiger partial charge in [0.15, 0.2) is 0 Å². The van der Waals surface area contributed by atoms with Crippen molar-refractivity contribution in [3.05, 3.63) is 24.3 Å². The third-order valence-electron chi connectivity index (χ3n) is 13.2. The summed E-state index contributed by atoms with van der Waals surface area (Å²) in [5.41, 5.74) is 0. The van der Waals surface area contributed by atoms with E-state index in [4.69, 9.17) is 4.74 Å². The number of unbranched alkanes of at least 4 members (excludes halogenated alkanes) is 38. The highest BCUT2D eigenvalue weighted by molar-refractivity contribution is 5.76. The van der Waals surface area contributed by atoms with E-state index in [2.05, 4.69) is 43.5 Å². The molecule has 0 aromatic heterocycles. The third-order valence-corrected chi connectivity index (χ3v) is 13.2. The Bertz CT molecular complexity index is 997. The first-order valence-corrected chi connectivity index (χ1v) is 28.6. The van der Waals surface area contributed by atoms with Crippen LogP contribution in [0.4, 0.5) is 0 Å². The number of amides is 1. The van der Waals surface area contributed by atoms with Crippen LogP contribution in [0.3, 0.4) is 0 Å². The van der Waals surface area contributed by atoms with Crippen molar-refractivity contribution in [2.24, 2.45) is 0 Å². The number of hydrogen-bond acceptors (Lipinski definition) is 5. The van der Waals surface area contributed by atoms with Crippen molar-refractivity contribution in [2.45, 2.75) is 321 Å². The van der Waals surface area contributed by atoms with E-state index in [0.29, 0.717) is 25.9 Å². The molecule has 0 radical (unpaired) electrons. The molecule has 0 saturated heterocycles. The number of carbonyl (C=O) groups is 2. The molecule has 0 aliphatic rings. The van der Waals surface area contributed by atoms with E-state index in [1.165, 1.54) is 231 Å². The molecule has 0 spiro atoms. The Kier molecular flexibility index (Phi) is 52.6. The van der Waals surface area contributed by atoms with Crippen LogP contribution in [0.15, 0.2) is 24.3 Å². The number of rotatable bonds is 53. The Hall–Kier alpha value is -1.66. The van der Waals surface area contributed by atoms with E-state index in [1.54, 1.807) is 0 Å². The average molecular weight is 903 g/mol. The van der Waals surface area contributed by atoms with Crippen molar-refractivity contribution in [1.82, 2.24) is 5.32 Å². The lowest BCUT2D eigenvalue weighted by Crippen LogP contribution is -2.45. The largest absolute Gasteiger partial charge is 0.466 e. The second kappa shape index (κ2) is 54.0. The SMILES string of the molecule is CCCCCCCCC/C=C\CCCCCCCC(=O)OCCCCCCCCCC/C=C\CCCCCCCCCC(=O)NC(CO)C(O)CCCCCCCCCCCCCC. The zero-order valence-electron chi connectivity index (χ0n) is 43.0. The highest BCUT2D eigenvalue weighted by atomic mass is 16.5. The maximum absolute atomic E-state index is 12.4. The summed E-state index contributed by atoms with van der Waals surface area (Å²) in [5, 5.41) is 23.2. The molecule has 6 nitrogen and oxygen atoms in total. The van der Waals surface area contributed by atoms with E-state index in [0.717, 1.165) is 44.9 Å². The highest BCUT2D eigenvalue weighted by Crippen LogP contribution is 2.16. The van der Waals surface area contributed by atoms with Gasteiger partial charge in [0.1, 0.15) is 0 Å². The topological polar surface area (TPSA) is 95.9 Å². The van der Waals surface area contributed by atoms with Gasteiger partial charge in [-0.25, -0.2) is 0 Å². The fraction of sp³-hybridized carbons (Fsp3) is 0.897. The number of ether oxygens (including phenoxy) is 1. The molecule has 3 N–H and O–H groups in total. The van der Waals surface area contributed by atoms with E-state index in [9.17, 15) is 19.8 Å². The predicted molar refractivity (Wildman–Crippen MR) is 278 cm³/mol. The number of aliphatic hydroxyl groups excluding tert-OH is 2. The lowest BCUT2D eigenvalue weighted by atomic mass is 10.0. The van der Waals surface area contributed by atoms with Gasteiger partial charge in [-0.3, -0.25) is 9.59 Å². The minimum atomic E-state index is -0.669. The van der Waals surface area contributed by atoms with Gasteiger partial charge in [0.05, 0.1) is 25.4 Å². The molecule has 0 bridgehead atoms. The lowest BCUT2D eigenvalue weighted by Gasteiger charge is -2.22. The first kappa shape index (κ1) is 62.3. The van der Waals surface area contributed by atoms with Gasteiger partial charge in [0.2, 0.25) is 5.91 Å². The third kappa shape index (κ3) is 49.8. The van der Waals surface area contributed by atoms with Gasteiger partial charge in [-0.1, -0.05) is 244 Å². The highest BCUT2D eigenvalue weighted by Gasteiger charge is 2.20. The van der Waals surface area contributed by atoms with Crippen LogP contribution in [0.1, 0.15) is 309 Å². The van der Waals surface area contributed by atoms with Crippen molar-refractivity contribution in [1.29, 1.82) is 0 Å². The van der Waals surface area contributed by atoms with Crippen LogP contribution >= 0.6 is 0 Å². The van der Waals surface area contributed by atoms with Crippen LogP contribution in [0, 0.1) is 0 Å². The molecule has 0 aliphatic heterocycles. The standard InChI is InChI=1S/C58H111NO5/c1-3-5-7-9-11-13-15-17-18-25-28-32-36-40-44-48-52-58(63)64-53-49-45-41-37-33-29-26-23-21-19-20-22-24-27-31-35-39-43-47-51-57(62)59-55(54-60)56(61)50-46-42-38-34-30-16-14-12-10-8-6-4-2/h18-20,25,55-56,60-61H,3-17,21-24,26-54H2,1-2H3,(H,59,62)/b20-19-,25-18-. The minimum absolute atomic E-state index is 0.00339. The number of allylic oxidation sites excluding steroid dienone is 4. The molecule has 0 saturated carbocycles. The lowest BCUT2D eigenvalue weighted by molar-refractivity contribution is -0.143. The summed E-state index contributed by atoms with van der Waals surface area (Å²) in [4.78, 5) is 24.5. The van der Waals surface area contributed by atoms with E-state index in [-0.39, 0.29) is 18.5 Å². The fourth-order valence-corrected chi connectivity index (χ4v) is 8.81. The summed E-state index contributed by atoms with van der Waals surface area (Å²) in [6.45, 7) is 4.93. The summed E-state index contributed by atoms with van der Waals surface area (Å²) < 4.78 is 5.47. The molecule has 0 fully saturated rings. The molecule has 0 aromatic carbocycles. The van der Waals surface area contributed by atoms with Crippen LogP contribution < -0.4 is 5.32 Å². The van der Waals surface area contributed by atoms with Gasteiger partial charge in [0, 0.05) is 12.8 Å². The van der Waals surface area contributed by atoms with Gasteiger partial charge in [0.25, 0.3) is 0 Å². The molecule has 6 heteroatoms. The zero-order chi connectivity index (χ0) is 46.5. The van der Waals surface area contributed by atoms with Crippen molar-refractivity contribution in [3.63, 3.8) is 0 Å². The molecule has 0 heterocycles. The number of carbonyl (C=O) groups excluding carboxylic acids is 2. The summed E-state index contributed by atoms with van der Waals surface area (Å²) in [7, 11) is 0. The van der Waals surface area contributed by atoms with Crippen LogP contribution in [0.25, 0.3) is 0 Å². The number of nitrogens with one attached hydrogen (secondary N) is 1. The predicted octanol–water partition coefficient (Wildman–Crippen LogP) is 17.5. The summed E-state index contributed by atoms with van der Waals surface area (Å²) >= 11 is 0.